The first-order valence-electron chi connectivity index (χ1n) is 24.0. The number of hydrogen-bond acceptors (Lipinski definition) is 6. The Morgan fingerprint density at radius 2 is 0.946 bits per heavy atom. The average molecular weight is 813 g/mol. The maximum absolute atomic E-state index is 12.8. The van der Waals surface area contributed by atoms with E-state index in [1.807, 2.05) is 6.08 Å². The number of nitrogens with two attached hydrogens (primary N) is 1. The number of phosphoric acid groups is 1. The standard InChI is InChI=1S/C47H93N2O6P/c1-3-5-7-9-11-13-15-17-19-20-21-22-23-24-25-26-27-29-31-33-35-37-39-41-47(51)49-45(44-55-56(52,53)54-43-42-48)46(50)40-38-36-34-32-30-28-18-16-14-12-10-8-6-4-2/h30,32,38,40,45-46,50H,3-29,31,33-37,39,41-44,48H2,1-2H3,(H,49,51)(H,52,53)/b32-30+,40-38+. The van der Waals surface area contributed by atoms with Gasteiger partial charge in [-0.05, 0) is 32.1 Å². The zero-order valence-electron chi connectivity index (χ0n) is 36.9. The second-order valence-corrected chi connectivity index (χ2v) is 17.8. The highest BCUT2D eigenvalue weighted by molar-refractivity contribution is 7.47. The predicted molar refractivity (Wildman–Crippen MR) is 240 cm³/mol. The molecule has 0 bridgehead atoms. The van der Waals surface area contributed by atoms with Crippen molar-refractivity contribution in [2.45, 2.75) is 251 Å². The fourth-order valence-electron chi connectivity index (χ4n) is 7.15. The average Bonchev–Trinajstić information content (AvgIpc) is 3.19. The van der Waals surface area contributed by atoms with Crippen LogP contribution in [0.15, 0.2) is 24.3 Å². The highest BCUT2D eigenvalue weighted by Crippen LogP contribution is 2.43. The largest absolute Gasteiger partial charge is 0.472 e. The molecule has 56 heavy (non-hydrogen) atoms. The van der Waals surface area contributed by atoms with Crippen LogP contribution >= 0.6 is 7.82 Å². The maximum Gasteiger partial charge on any atom is 0.472 e. The number of carbonyl (C=O) groups excluding carboxylic acids is 1. The third-order valence-electron chi connectivity index (χ3n) is 10.8. The van der Waals surface area contributed by atoms with Gasteiger partial charge < -0.3 is 21.1 Å². The smallest absolute Gasteiger partial charge is 0.387 e. The van der Waals surface area contributed by atoms with E-state index in [1.165, 1.54) is 180 Å². The molecule has 9 heteroatoms. The molecule has 0 aliphatic heterocycles. The van der Waals surface area contributed by atoms with Crippen molar-refractivity contribution in [3.63, 3.8) is 0 Å². The van der Waals surface area contributed by atoms with Gasteiger partial charge in [0.1, 0.15) is 0 Å². The molecular weight excluding hydrogens is 719 g/mol. The first-order chi connectivity index (χ1) is 27.4. The molecule has 0 aromatic carbocycles. The molecule has 0 aromatic heterocycles. The number of nitrogens with one attached hydrogen (secondary N) is 1. The van der Waals surface area contributed by atoms with Crippen molar-refractivity contribution in [2.75, 3.05) is 19.8 Å². The van der Waals surface area contributed by atoms with Crippen molar-refractivity contribution >= 4 is 13.7 Å². The molecule has 0 fully saturated rings. The molecule has 332 valence electrons. The molecule has 0 saturated carbocycles. The predicted octanol–water partition coefficient (Wildman–Crippen LogP) is 13.7. The van der Waals surface area contributed by atoms with Crippen molar-refractivity contribution in [3.05, 3.63) is 24.3 Å². The van der Waals surface area contributed by atoms with Gasteiger partial charge in [0, 0.05) is 13.0 Å². The summed E-state index contributed by atoms with van der Waals surface area (Å²) in [5.74, 6) is -0.200. The molecule has 5 N–H and O–H groups in total. The van der Waals surface area contributed by atoms with Crippen LogP contribution in [0.2, 0.25) is 0 Å². The number of hydrogen-bond donors (Lipinski definition) is 4. The Hall–Kier alpha value is -1.02. The fraction of sp³-hybridized carbons (Fsp3) is 0.894. The third kappa shape index (κ3) is 41.2. The molecular formula is C47H93N2O6P. The lowest BCUT2D eigenvalue weighted by atomic mass is 10.0. The summed E-state index contributed by atoms with van der Waals surface area (Å²) in [6.07, 6.45) is 51.0. The molecule has 0 aliphatic carbocycles. The first-order valence-corrected chi connectivity index (χ1v) is 25.5. The zero-order valence-corrected chi connectivity index (χ0v) is 37.8. The Bertz CT molecular complexity index is 932. The van der Waals surface area contributed by atoms with Gasteiger partial charge in [-0.15, -0.1) is 0 Å². The summed E-state index contributed by atoms with van der Waals surface area (Å²) >= 11 is 0. The van der Waals surface area contributed by atoms with Gasteiger partial charge in [-0.25, -0.2) is 4.57 Å². The van der Waals surface area contributed by atoms with Gasteiger partial charge >= 0.3 is 7.82 Å². The molecule has 3 unspecified atom stereocenters. The van der Waals surface area contributed by atoms with E-state index < -0.39 is 20.0 Å². The highest BCUT2D eigenvalue weighted by Gasteiger charge is 2.26. The van der Waals surface area contributed by atoms with Crippen LogP contribution in [0, 0.1) is 0 Å². The van der Waals surface area contributed by atoms with Crippen molar-refractivity contribution in [3.8, 4) is 0 Å². The van der Waals surface area contributed by atoms with Crippen molar-refractivity contribution in [1.82, 2.24) is 5.32 Å². The summed E-state index contributed by atoms with van der Waals surface area (Å²) in [6.45, 7) is 4.13. The van der Waals surface area contributed by atoms with Crippen LogP contribution in [0.1, 0.15) is 239 Å². The molecule has 0 aliphatic rings. The van der Waals surface area contributed by atoms with Crippen LogP contribution in [-0.4, -0.2) is 47.8 Å². The van der Waals surface area contributed by atoms with E-state index in [9.17, 15) is 19.4 Å². The number of aliphatic hydroxyl groups excluding tert-OH is 1. The molecule has 0 heterocycles. The van der Waals surface area contributed by atoms with E-state index in [0.717, 1.165) is 38.5 Å². The van der Waals surface area contributed by atoms with Crippen LogP contribution in [0.5, 0.6) is 0 Å². The minimum atomic E-state index is -4.34. The normalized spacial score (nSPS) is 14.2. The van der Waals surface area contributed by atoms with E-state index in [4.69, 9.17) is 14.8 Å². The Kier molecular flexibility index (Phi) is 42.8. The topological polar surface area (TPSA) is 131 Å². The Morgan fingerprint density at radius 3 is 1.38 bits per heavy atom. The van der Waals surface area contributed by atoms with Gasteiger partial charge in [0.15, 0.2) is 0 Å². The van der Waals surface area contributed by atoms with Gasteiger partial charge in [0.2, 0.25) is 5.91 Å². The Morgan fingerprint density at radius 1 is 0.571 bits per heavy atom. The summed E-state index contributed by atoms with van der Waals surface area (Å²) in [6, 6.07) is -0.872. The number of aliphatic hydroxyl groups is 1. The Labute approximate surface area is 347 Å². The molecule has 0 rings (SSSR count). The monoisotopic (exact) mass is 813 g/mol. The Balaban J connectivity index is 4.08. The summed E-state index contributed by atoms with van der Waals surface area (Å²) in [5.41, 5.74) is 5.38. The van der Waals surface area contributed by atoms with Gasteiger partial charge in [0.05, 0.1) is 25.4 Å². The van der Waals surface area contributed by atoms with Gasteiger partial charge in [0.25, 0.3) is 0 Å². The van der Waals surface area contributed by atoms with Gasteiger partial charge in [-0.1, -0.05) is 224 Å². The van der Waals surface area contributed by atoms with E-state index in [2.05, 4.69) is 31.3 Å². The van der Waals surface area contributed by atoms with Crippen molar-refractivity contribution in [2.24, 2.45) is 5.73 Å². The summed E-state index contributed by atoms with van der Waals surface area (Å²) in [5, 5.41) is 13.7. The SMILES string of the molecule is CCCCCCCCCC/C=C/CC/C=C/C(O)C(COP(=O)(O)OCCN)NC(=O)CCCCCCCCCCCCCCCCCCCCCCCCC. The van der Waals surface area contributed by atoms with Gasteiger partial charge in [-0.2, -0.15) is 0 Å². The molecule has 8 nitrogen and oxygen atoms in total. The lowest BCUT2D eigenvalue weighted by Gasteiger charge is -2.23. The van der Waals surface area contributed by atoms with Crippen molar-refractivity contribution in [1.29, 1.82) is 0 Å². The number of allylic oxidation sites excluding steroid dienone is 3. The van der Waals surface area contributed by atoms with Crippen molar-refractivity contribution < 1.29 is 28.4 Å². The summed E-state index contributed by atoms with van der Waals surface area (Å²) in [4.78, 5) is 22.7. The zero-order chi connectivity index (χ0) is 41.1. The maximum atomic E-state index is 12.8. The number of phosphoric ester groups is 1. The van der Waals surface area contributed by atoms with Crippen LogP contribution < -0.4 is 11.1 Å². The van der Waals surface area contributed by atoms with Crippen LogP contribution in [0.3, 0.4) is 0 Å². The van der Waals surface area contributed by atoms with Crippen LogP contribution in [0.4, 0.5) is 0 Å². The van der Waals surface area contributed by atoms with E-state index in [0.29, 0.717) is 6.42 Å². The third-order valence-corrected chi connectivity index (χ3v) is 11.8. The van der Waals surface area contributed by atoms with E-state index in [-0.39, 0.29) is 25.7 Å². The molecule has 1 amide bonds. The van der Waals surface area contributed by atoms with E-state index >= 15 is 0 Å². The molecule has 3 atom stereocenters. The lowest BCUT2D eigenvalue weighted by molar-refractivity contribution is -0.123. The van der Waals surface area contributed by atoms with Gasteiger partial charge in [-0.3, -0.25) is 13.8 Å². The summed E-state index contributed by atoms with van der Waals surface area (Å²) < 4.78 is 22.1. The fourth-order valence-corrected chi connectivity index (χ4v) is 7.91. The van der Waals surface area contributed by atoms with E-state index in [1.54, 1.807) is 6.08 Å². The first kappa shape index (κ1) is 55.0. The van der Waals surface area contributed by atoms with Crippen LogP contribution in [0.25, 0.3) is 0 Å². The second kappa shape index (κ2) is 43.6. The summed E-state index contributed by atoms with van der Waals surface area (Å²) in [7, 11) is -4.34. The number of rotatable bonds is 45. The molecule has 0 saturated heterocycles. The molecule has 0 aromatic rings. The number of unbranched alkanes of at least 4 members (excludes halogenated alkanes) is 31. The second-order valence-electron chi connectivity index (χ2n) is 16.3. The number of carbonyl (C=O) groups is 1. The molecule has 0 spiro atoms. The molecule has 0 radical (unpaired) electrons. The highest BCUT2D eigenvalue weighted by atomic mass is 31.2. The number of amides is 1. The minimum absolute atomic E-state index is 0.0760. The quantitative estimate of drug-likeness (QED) is 0.0273. The minimum Gasteiger partial charge on any atom is -0.387 e. The van der Waals surface area contributed by atoms with Crippen LogP contribution in [-0.2, 0) is 18.4 Å². The lowest BCUT2D eigenvalue weighted by Crippen LogP contribution is -2.45.